The molecular formula is C25H19N5O3. The maximum absolute atomic E-state index is 13.0. The van der Waals surface area contributed by atoms with E-state index in [2.05, 4.69) is 16.0 Å². The third-order valence-corrected chi connectivity index (χ3v) is 5.45. The van der Waals surface area contributed by atoms with Crippen LogP contribution in [-0.4, -0.2) is 26.2 Å². The van der Waals surface area contributed by atoms with Gasteiger partial charge in [-0.2, -0.15) is 9.78 Å². The minimum Gasteiger partial charge on any atom is -0.350 e. The molecule has 0 bridgehead atoms. The van der Waals surface area contributed by atoms with Gasteiger partial charge in [-0.3, -0.25) is 25.2 Å². The van der Waals surface area contributed by atoms with Gasteiger partial charge >= 0.3 is 0 Å². The highest BCUT2D eigenvalue weighted by molar-refractivity contribution is 6.09. The number of amides is 2. The average Bonchev–Trinajstić information content (AvgIpc) is 3.20. The second-order valence-electron chi connectivity index (χ2n) is 7.53. The topological polar surface area (TPSA) is 98.0 Å². The fourth-order valence-electron chi connectivity index (χ4n) is 3.86. The Balaban J connectivity index is 1.49. The van der Waals surface area contributed by atoms with E-state index < -0.39 is 11.8 Å². The summed E-state index contributed by atoms with van der Waals surface area (Å²) in [5.74, 6) is -1.09. The number of nitrogens with zero attached hydrogens (tertiary/aromatic N) is 3. The van der Waals surface area contributed by atoms with Crippen molar-refractivity contribution in [2.24, 2.45) is 7.05 Å². The predicted molar refractivity (Wildman–Crippen MR) is 125 cm³/mol. The van der Waals surface area contributed by atoms with Crippen molar-refractivity contribution >= 4 is 33.5 Å². The van der Waals surface area contributed by atoms with Gasteiger partial charge in [0.2, 0.25) is 0 Å². The lowest BCUT2D eigenvalue weighted by Crippen LogP contribution is -2.42. The van der Waals surface area contributed by atoms with Gasteiger partial charge in [0.1, 0.15) is 0 Å². The van der Waals surface area contributed by atoms with Gasteiger partial charge in [0, 0.05) is 29.5 Å². The first-order valence-electron chi connectivity index (χ1n) is 10.3. The molecule has 0 aliphatic carbocycles. The fourth-order valence-corrected chi connectivity index (χ4v) is 3.86. The van der Waals surface area contributed by atoms with Crippen molar-refractivity contribution in [3.63, 3.8) is 0 Å². The molecule has 0 radical (unpaired) electrons. The van der Waals surface area contributed by atoms with Gasteiger partial charge in [-0.1, -0.05) is 54.6 Å². The van der Waals surface area contributed by atoms with Crippen LogP contribution in [0.3, 0.4) is 0 Å². The third kappa shape index (κ3) is 3.53. The minimum atomic E-state index is -0.635. The van der Waals surface area contributed by atoms with Gasteiger partial charge in [0.15, 0.2) is 5.69 Å². The summed E-state index contributed by atoms with van der Waals surface area (Å²) in [5, 5.41) is 5.83. The van der Waals surface area contributed by atoms with Gasteiger partial charge in [0.25, 0.3) is 17.4 Å². The minimum absolute atomic E-state index is 0.0206. The highest BCUT2D eigenvalue weighted by atomic mass is 16.2. The van der Waals surface area contributed by atoms with E-state index in [9.17, 15) is 14.4 Å². The summed E-state index contributed by atoms with van der Waals surface area (Å²) in [7, 11) is 1.85. The molecule has 0 aliphatic rings. The second-order valence-corrected chi connectivity index (χ2v) is 7.53. The number of hydrazine groups is 1. The first kappa shape index (κ1) is 20.2. The first-order valence-corrected chi connectivity index (χ1v) is 10.3. The summed E-state index contributed by atoms with van der Waals surface area (Å²) in [4.78, 5) is 38.8. The molecule has 2 heterocycles. The zero-order valence-corrected chi connectivity index (χ0v) is 17.6. The molecule has 0 atom stereocenters. The third-order valence-electron chi connectivity index (χ3n) is 5.45. The molecule has 8 heteroatoms. The molecule has 0 fully saturated rings. The average molecular weight is 437 g/mol. The molecule has 0 spiro atoms. The molecule has 33 heavy (non-hydrogen) atoms. The van der Waals surface area contributed by atoms with Crippen LogP contribution in [0.1, 0.15) is 20.8 Å². The summed E-state index contributed by atoms with van der Waals surface area (Å²) < 4.78 is 3.03. The molecule has 3 aromatic carbocycles. The van der Waals surface area contributed by atoms with Crippen LogP contribution >= 0.6 is 0 Å². The number of carbonyl (C=O) groups excluding carboxylic acids is 2. The Morgan fingerprint density at radius 2 is 1.36 bits per heavy atom. The second kappa shape index (κ2) is 8.08. The molecule has 8 nitrogen and oxygen atoms in total. The summed E-state index contributed by atoms with van der Waals surface area (Å²) in [6.07, 6.45) is 1.70. The van der Waals surface area contributed by atoms with Gasteiger partial charge in [-0.25, -0.2) is 0 Å². The monoisotopic (exact) mass is 437 g/mol. The largest absolute Gasteiger partial charge is 0.350 e. The number of carbonyl (C=O) groups is 2. The number of aryl methyl sites for hydroxylation is 1. The number of benzene rings is 3. The molecule has 0 unspecified atom stereocenters. The maximum Gasteiger partial charge on any atom is 0.290 e. The van der Waals surface area contributed by atoms with E-state index in [-0.39, 0.29) is 11.3 Å². The Bertz CT molecular complexity index is 1580. The van der Waals surface area contributed by atoms with Crippen LogP contribution in [0.5, 0.6) is 0 Å². The van der Waals surface area contributed by atoms with Crippen LogP contribution in [0.25, 0.3) is 27.4 Å². The maximum atomic E-state index is 13.0. The number of aromatic nitrogens is 3. The molecule has 2 N–H and O–H groups in total. The predicted octanol–water partition coefficient (Wildman–Crippen LogP) is 2.95. The van der Waals surface area contributed by atoms with E-state index in [1.54, 1.807) is 54.7 Å². The van der Waals surface area contributed by atoms with Crippen molar-refractivity contribution in [3.8, 4) is 5.69 Å². The Morgan fingerprint density at radius 3 is 2.12 bits per heavy atom. The molecule has 5 rings (SSSR count). The number of hydrogen-bond donors (Lipinski definition) is 2. The summed E-state index contributed by atoms with van der Waals surface area (Å²) in [6.45, 7) is 0. The number of fused-ring (bicyclic) bond motifs is 2. The SMILES string of the molecule is Cn1cc(C(=O)NNC(=O)c2nn(-c3ccccc3)c(=O)c3ccccc23)c2ccccc21. The summed E-state index contributed by atoms with van der Waals surface area (Å²) >= 11 is 0. The van der Waals surface area contributed by atoms with Crippen molar-refractivity contribution in [2.45, 2.75) is 0 Å². The number of hydrogen-bond acceptors (Lipinski definition) is 4. The smallest absolute Gasteiger partial charge is 0.290 e. The van der Waals surface area contributed by atoms with Crippen LogP contribution in [0.2, 0.25) is 0 Å². The zero-order chi connectivity index (χ0) is 22.9. The molecule has 162 valence electrons. The van der Waals surface area contributed by atoms with Crippen molar-refractivity contribution in [2.75, 3.05) is 0 Å². The lowest BCUT2D eigenvalue weighted by atomic mass is 10.1. The van der Waals surface area contributed by atoms with Crippen molar-refractivity contribution in [1.82, 2.24) is 25.2 Å². The first-order chi connectivity index (χ1) is 16.0. The standard InChI is InChI=1S/C25H19N5O3/c1-29-15-20(17-11-7-8-14-21(17)29)23(31)26-27-24(32)22-18-12-5-6-13-19(18)25(33)30(28-22)16-9-3-2-4-10-16/h2-15H,1H3,(H,26,31)(H,27,32). The molecule has 2 amide bonds. The van der Waals surface area contributed by atoms with Gasteiger partial charge in [-0.05, 0) is 24.3 Å². The van der Waals surface area contributed by atoms with E-state index in [1.807, 2.05) is 41.9 Å². The van der Waals surface area contributed by atoms with Crippen LogP contribution < -0.4 is 16.4 Å². The van der Waals surface area contributed by atoms with Crippen LogP contribution in [0.15, 0.2) is 89.9 Å². The Labute approximate surface area is 188 Å². The zero-order valence-electron chi connectivity index (χ0n) is 17.6. The molecule has 0 saturated carbocycles. The van der Waals surface area contributed by atoms with Crippen LogP contribution in [0, 0.1) is 0 Å². The van der Waals surface area contributed by atoms with E-state index in [1.165, 1.54) is 4.68 Å². The van der Waals surface area contributed by atoms with Crippen LogP contribution in [-0.2, 0) is 7.05 Å². The Morgan fingerprint density at radius 1 is 0.758 bits per heavy atom. The highest BCUT2D eigenvalue weighted by Gasteiger charge is 2.19. The lowest BCUT2D eigenvalue weighted by Gasteiger charge is -2.12. The Kier molecular flexibility index (Phi) is 4.95. The molecule has 5 aromatic rings. The molecule has 2 aromatic heterocycles. The molecule has 0 saturated heterocycles. The van der Waals surface area contributed by atoms with Crippen molar-refractivity contribution < 1.29 is 9.59 Å². The lowest BCUT2D eigenvalue weighted by molar-refractivity contribution is 0.0845. The van der Waals surface area contributed by atoms with Crippen molar-refractivity contribution in [1.29, 1.82) is 0 Å². The van der Waals surface area contributed by atoms with Crippen LogP contribution in [0.4, 0.5) is 0 Å². The molecular weight excluding hydrogens is 418 g/mol. The van der Waals surface area contributed by atoms with E-state index in [0.717, 1.165) is 10.9 Å². The number of rotatable bonds is 3. The van der Waals surface area contributed by atoms with Crippen molar-refractivity contribution in [3.05, 3.63) is 107 Å². The summed E-state index contributed by atoms with van der Waals surface area (Å²) in [5.41, 5.74) is 6.44. The summed E-state index contributed by atoms with van der Waals surface area (Å²) in [6, 6.07) is 23.1. The Hall–Kier alpha value is -4.72. The molecule has 0 aliphatic heterocycles. The normalized spacial score (nSPS) is 10.9. The quantitative estimate of drug-likeness (QED) is 0.424. The number of para-hydroxylation sites is 2. The number of nitrogens with one attached hydrogen (secondary N) is 2. The van der Waals surface area contributed by atoms with E-state index >= 15 is 0 Å². The fraction of sp³-hybridized carbons (Fsp3) is 0.0400. The van der Waals surface area contributed by atoms with Gasteiger partial charge in [0.05, 0.1) is 16.6 Å². The van der Waals surface area contributed by atoms with E-state index in [0.29, 0.717) is 22.0 Å². The highest BCUT2D eigenvalue weighted by Crippen LogP contribution is 2.20. The van der Waals surface area contributed by atoms with Gasteiger partial charge in [-0.15, -0.1) is 0 Å². The van der Waals surface area contributed by atoms with Gasteiger partial charge < -0.3 is 4.57 Å². The van der Waals surface area contributed by atoms with E-state index in [4.69, 9.17) is 0 Å².